The van der Waals surface area contributed by atoms with Gasteiger partial charge in [0.15, 0.2) is 0 Å². The molecule has 25 heavy (non-hydrogen) atoms. The molecular formula is C17H18FN5O2. The van der Waals surface area contributed by atoms with Crippen LogP contribution in [0.15, 0.2) is 42.9 Å². The van der Waals surface area contributed by atoms with E-state index in [1.807, 2.05) is 0 Å². The monoisotopic (exact) mass is 343 g/mol. The van der Waals surface area contributed by atoms with E-state index in [0.717, 1.165) is 0 Å². The molecule has 2 heterocycles. The number of carbonyl (C=O) groups excluding carboxylic acids is 2. The van der Waals surface area contributed by atoms with Crippen molar-refractivity contribution < 1.29 is 14.0 Å². The minimum absolute atomic E-state index is 0.0811. The van der Waals surface area contributed by atoms with Crippen molar-refractivity contribution in [3.05, 3.63) is 48.7 Å². The van der Waals surface area contributed by atoms with Gasteiger partial charge in [0, 0.05) is 38.4 Å². The summed E-state index contributed by atoms with van der Waals surface area (Å²) in [6.45, 7) is 1.06. The molecule has 0 bridgehead atoms. The zero-order valence-electron chi connectivity index (χ0n) is 13.5. The van der Waals surface area contributed by atoms with Crippen molar-refractivity contribution in [3.8, 4) is 0 Å². The van der Waals surface area contributed by atoms with Crippen LogP contribution in [0.25, 0.3) is 0 Å². The van der Waals surface area contributed by atoms with Crippen molar-refractivity contribution in [2.24, 2.45) is 5.92 Å². The molecule has 1 saturated heterocycles. The van der Waals surface area contributed by atoms with Crippen molar-refractivity contribution in [2.75, 3.05) is 29.9 Å². The maximum absolute atomic E-state index is 13.8. The molecule has 1 aromatic heterocycles. The number of nitrogens with one attached hydrogen (secondary N) is 2. The van der Waals surface area contributed by atoms with E-state index in [9.17, 15) is 14.0 Å². The maximum Gasteiger partial charge on any atom is 0.227 e. The Balaban J connectivity index is 1.49. The highest BCUT2D eigenvalue weighted by atomic mass is 19.1. The summed E-state index contributed by atoms with van der Waals surface area (Å²) in [5, 5.41) is 5.81. The molecule has 3 rings (SSSR count). The predicted molar refractivity (Wildman–Crippen MR) is 90.4 cm³/mol. The number of halogens is 1. The van der Waals surface area contributed by atoms with Gasteiger partial charge in [0.1, 0.15) is 11.6 Å². The first-order valence-corrected chi connectivity index (χ1v) is 7.97. The van der Waals surface area contributed by atoms with Crippen molar-refractivity contribution in [1.29, 1.82) is 0 Å². The van der Waals surface area contributed by atoms with Crippen molar-refractivity contribution in [2.45, 2.75) is 6.42 Å². The van der Waals surface area contributed by atoms with Gasteiger partial charge >= 0.3 is 0 Å². The minimum atomic E-state index is -0.483. The number of aromatic nitrogens is 2. The van der Waals surface area contributed by atoms with Gasteiger partial charge in [-0.3, -0.25) is 14.6 Å². The highest BCUT2D eigenvalue weighted by Crippen LogP contribution is 2.27. The molecule has 0 radical (unpaired) electrons. The summed E-state index contributed by atoms with van der Waals surface area (Å²) in [5.41, 5.74) is 0.215. The first-order chi connectivity index (χ1) is 12.1. The normalized spacial score (nSPS) is 16.8. The number of anilines is 2. The van der Waals surface area contributed by atoms with Gasteiger partial charge in [-0.05, 0) is 12.1 Å². The maximum atomic E-state index is 13.8. The van der Waals surface area contributed by atoms with Gasteiger partial charge < -0.3 is 15.5 Å². The van der Waals surface area contributed by atoms with Crippen LogP contribution in [0.3, 0.4) is 0 Å². The molecule has 1 aliphatic rings. The Kier molecular flexibility index (Phi) is 5.17. The van der Waals surface area contributed by atoms with Crippen LogP contribution in [-0.2, 0) is 9.59 Å². The molecule has 1 fully saturated rings. The number of benzene rings is 1. The predicted octanol–water partition coefficient (Wildman–Crippen LogP) is 1.20. The van der Waals surface area contributed by atoms with Crippen LogP contribution in [0.5, 0.6) is 0 Å². The quantitative estimate of drug-likeness (QED) is 0.770. The first kappa shape index (κ1) is 16.8. The van der Waals surface area contributed by atoms with Gasteiger partial charge in [0.05, 0.1) is 17.8 Å². The smallest absolute Gasteiger partial charge is 0.227 e. The molecule has 2 amide bonds. The van der Waals surface area contributed by atoms with Crippen LogP contribution in [-0.4, -0.2) is 41.4 Å². The average Bonchev–Trinajstić information content (AvgIpc) is 3.01. The topological polar surface area (TPSA) is 87.2 Å². The SMILES string of the molecule is O=C(NCCNc1cnccn1)[C@@H]1CC(=O)N(c2ccccc2F)C1. The zero-order chi connectivity index (χ0) is 17.6. The largest absolute Gasteiger partial charge is 0.367 e. The van der Waals surface area contributed by atoms with E-state index in [4.69, 9.17) is 0 Å². The molecule has 1 aromatic carbocycles. The number of hydrogen-bond acceptors (Lipinski definition) is 5. The molecule has 0 saturated carbocycles. The van der Waals surface area contributed by atoms with Crippen LogP contribution < -0.4 is 15.5 Å². The third-order valence-electron chi connectivity index (χ3n) is 3.93. The number of amides is 2. The standard InChI is InChI=1S/C17H18FN5O2/c18-13-3-1-2-4-14(13)23-11-12(9-16(23)24)17(25)22-8-7-21-15-10-19-5-6-20-15/h1-6,10,12H,7-9,11H2,(H,20,21)(H,22,25)/t12-/m1/s1. The van der Waals surface area contributed by atoms with E-state index in [1.54, 1.807) is 36.8 Å². The zero-order valence-corrected chi connectivity index (χ0v) is 13.5. The lowest BCUT2D eigenvalue weighted by Crippen LogP contribution is -2.35. The molecule has 7 nitrogen and oxygen atoms in total. The molecule has 8 heteroatoms. The van der Waals surface area contributed by atoms with E-state index in [2.05, 4.69) is 20.6 Å². The molecule has 0 unspecified atom stereocenters. The summed E-state index contributed by atoms with van der Waals surface area (Å²) >= 11 is 0. The Bertz CT molecular complexity index is 756. The highest BCUT2D eigenvalue weighted by molar-refractivity contribution is 6.00. The van der Waals surface area contributed by atoms with Crippen molar-refractivity contribution in [3.63, 3.8) is 0 Å². The van der Waals surface area contributed by atoms with E-state index >= 15 is 0 Å². The second-order valence-corrected chi connectivity index (χ2v) is 5.67. The van der Waals surface area contributed by atoms with Crippen LogP contribution in [0.1, 0.15) is 6.42 Å². The molecule has 130 valence electrons. The fourth-order valence-corrected chi connectivity index (χ4v) is 2.70. The third-order valence-corrected chi connectivity index (χ3v) is 3.93. The molecule has 1 atom stereocenters. The number of nitrogens with zero attached hydrogens (tertiary/aromatic N) is 3. The fraction of sp³-hybridized carbons (Fsp3) is 0.294. The highest BCUT2D eigenvalue weighted by Gasteiger charge is 2.35. The van der Waals surface area contributed by atoms with Crippen LogP contribution in [0, 0.1) is 11.7 Å². The van der Waals surface area contributed by atoms with Crippen molar-refractivity contribution in [1.82, 2.24) is 15.3 Å². The number of hydrogen-bond donors (Lipinski definition) is 2. The Labute approximate surface area is 144 Å². The second kappa shape index (κ2) is 7.69. The van der Waals surface area contributed by atoms with E-state index in [0.29, 0.717) is 18.9 Å². The van der Waals surface area contributed by atoms with Crippen LogP contribution in [0.4, 0.5) is 15.9 Å². The lowest BCUT2D eigenvalue weighted by Gasteiger charge is -2.17. The van der Waals surface area contributed by atoms with Gasteiger partial charge in [-0.2, -0.15) is 0 Å². The number of carbonyl (C=O) groups is 2. The summed E-state index contributed by atoms with van der Waals surface area (Å²) in [5.74, 6) is -0.789. The summed E-state index contributed by atoms with van der Waals surface area (Å²) in [6.07, 6.45) is 4.81. The van der Waals surface area contributed by atoms with Gasteiger partial charge in [0.2, 0.25) is 11.8 Å². The lowest BCUT2D eigenvalue weighted by atomic mass is 10.1. The summed E-state index contributed by atoms with van der Waals surface area (Å²) in [7, 11) is 0. The summed E-state index contributed by atoms with van der Waals surface area (Å²) < 4.78 is 13.8. The summed E-state index contributed by atoms with van der Waals surface area (Å²) in [4.78, 5) is 33.7. The Hall–Kier alpha value is -3.03. The lowest BCUT2D eigenvalue weighted by molar-refractivity contribution is -0.126. The van der Waals surface area contributed by atoms with Crippen molar-refractivity contribution >= 4 is 23.3 Å². The van der Waals surface area contributed by atoms with E-state index in [-0.39, 0.29) is 30.5 Å². The Morgan fingerprint density at radius 1 is 1.28 bits per heavy atom. The molecule has 0 aliphatic carbocycles. The fourth-order valence-electron chi connectivity index (χ4n) is 2.70. The van der Waals surface area contributed by atoms with Crippen LogP contribution >= 0.6 is 0 Å². The van der Waals surface area contributed by atoms with Gasteiger partial charge in [0.25, 0.3) is 0 Å². The molecule has 1 aliphatic heterocycles. The molecule has 0 spiro atoms. The number of rotatable bonds is 6. The molecular weight excluding hydrogens is 325 g/mol. The van der Waals surface area contributed by atoms with Gasteiger partial charge in [-0.1, -0.05) is 12.1 Å². The average molecular weight is 343 g/mol. The summed E-state index contributed by atoms with van der Waals surface area (Å²) in [6, 6.07) is 6.07. The second-order valence-electron chi connectivity index (χ2n) is 5.67. The van der Waals surface area contributed by atoms with E-state index in [1.165, 1.54) is 11.0 Å². The molecule has 2 aromatic rings. The third kappa shape index (κ3) is 4.09. The molecule has 2 N–H and O–H groups in total. The number of para-hydroxylation sites is 1. The van der Waals surface area contributed by atoms with Crippen LogP contribution in [0.2, 0.25) is 0 Å². The first-order valence-electron chi connectivity index (χ1n) is 7.97. The Morgan fingerprint density at radius 3 is 2.88 bits per heavy atom. The Morgan fingerprint density at radius 2 is 2.12 bits per heavy atom. The van der Waals surface area contributed by atoms with Gasteiger partial charge in [-0.25, -0.2) is 9.37 Å². The minimum Gasteiger partial charge on any atom is -0.367 e. The van der Waals surface area contributed by atoms with Gasteiger partial charge in [-0.15, -0.1) is 0 Å². The van der Waals surface area contributed by atoms with E-state index < -0.39 is 11.7 Å².